The molecule has 0 bridgehead atoms. The Bertz CT molecular complexity index is 329. The molecule has 0 aromatic carbocycles. The van der Waals surface area contributed by atoms with Gasteiger partial charge in [0.05, 0.1) is 0 Å². The fraction of sp³-hybridized carbons (Fsp3) is 0.857. The Morgan fingerprint density at radius 2 is 1.78 bits per heavy atom. The molecule has 0 aromatic rings. The second kappa shape index (κ2) is 5.72. The van der Waals surface area contributed by atoms with Crippen LogP contribution >= 0.6 is 0 Å². The first-order chi connectivity index (χ1) is 8.58. The number of carboxylic acids is 1. The van der Waals surface area contributed by atoms with Crippen LogP contribution < -0.4 is 5.32 Å². The van der Waals surface area contributed by atoms with E-state index in [1.54, 1.807) is 0 Å². The summed E-state index contributed by atoms with van der Waals surface area (Å²) >= 11 is 0. The van der Waals surface area contributed by atoms with Crippen molar-refractivity contribution in [3.8, 4) is 0 Å². The molecule has 18 heavy (non-hydrogen) atoms. The molecule has 4 nitrogen and oxygen atoms in total. The molecule has 0 heterocycles. The smallest absolute Gasteiger partial charge is 0.325 e. The van der Waals surface area contributed by atoms with Crippen molar-refractivity contribution in [2.24, 2.45) is 17.8 Å². The number of amides is 1. The second-order valence-corrected chi connectivity index (χ2v) is 5.88. The zero-order valence-electron chi connectivity index (χ0n) is 11.0. The summed E-state index contributed by atoms with van der Waals surface area (Å²) < 4.78 is 0. The van der Waals surface area contributed by atoms with Crippen molar-refractivity contribution in [1.82, 2.24) is 5.32 Å². The molecule has 0 aromatic heterocycles. The van der Waals surface area contributed by atoms with Crippen molar-refractivity contribution < 1.29 is 14.7 Å². The Labute approximate surface area is 108 Å². The number of carbonyl (C=O) groups is 2. The molecule has 4 heteroatoms. The van der Waals surface area contributed by atoms with Crippen molar-refractivity contribution in [2.75, 3.05) is 0 Å². The molecule has 2 saturated carbocycles. The van der Waals surface area contributed by atoms with Crippen molar-refractivity contribution in [2.45, 2.75) is 57.9 Å². The average Bonchev–Trinajstić information content (AvgIpc) is 2.37. The lowest BCUT2D eigenvalue weighted by Crippen LogP contribution is -2.44. The van der Waals surface area contributed by atoms with Crippen LogP contribution in [0, 0.1) is 17.8 Å². The van der Waals surface area contributed by atoms with Crippen LogP contribution in [-0.4, -0.2) is 23.0 Å². The number of carbonyl (C=O) groups excluding carboxylic acids is 1. The largest absolute Gasteiger partial charge is 0.480 e. The first-order valence-corrected chi connectivity index (χ1v) is 7.11. The highest BCUT2D eigenvalue weighted by Gasteiger charge is 2.35. The lowest BCUT2D eigenvalue weighted by Gasteiger charge is -2.38. The van der Waals surface area contributed by atoms with E-state index in [0.29, 0.717) is 5.92 Å². The van der Waals surface area contributed by atoms with E-state index in [-0.39, 0.29) is 11.8 Å². The number of aliphatic carboxylic acids is 1. The van der Waals surface area contributed by atoms with Gasteiger partial charge in [-0.05, 0) is 38.0 Å². The first kappa shape index (κ1) is 13.4. The van der Waals surface area contributed by atoms with Crippen molar-refractivity contribution >= 4 is 11.9 Å². The zero-order chi connectivity index (χ0) is 13.1. The Morgan fingerprint density at radius 3 is 2.44 bits per heavy atom. The van der Waals surface area contributed by atoms with Gasteiger partial charge in [-0.1, -0.05) is 25.7 Å². The highest BCUT2D eigenvalue weighted by atomic mass is 16.4. The monoisotopic (exact) mass is 253 g/mol. The number of hydrogen-bond acceptors (Lipinski definition) is 2. The Morgan fingerprint density at radius 1 is 1.11 bits per heavy atom. The molecule has 0 spiro atoms. The molecule has 2 aliphatic rings. The van der Waals surface area contributed by atoms with Gasteiger partial charge in [-0.25, -0.2) is 0 Å². The van der Waals surface area contributed by atoms with E-state index in [4.69, 9.17) is 5.11 Å². The van der Waals surface area contributed by atoms with Crippen LogP contribution in [0.3, 0.4) is 0 Å². The molecule has 0 radical (unpaired) electrons. The summed E-state index contributed by atoms with van der Waals surface area (Å²) in [4.78, 5) is 22.7. The van der Waals surface area contributed by atoms with Gasteiger partial charge in [0, 0.05) is 5.92 Å². The van der Waals surface area contributed by atoms with Gasteiger partial charge in [-0.2, -0.15) is 0 Å². The molecule has 2 aliphatic carbocycles. The van der Waals surface area contributed by atoms with Gasteiger partial charge in [0.15, 0.2) is 0 Å². The number of rotatable bonds is 3. The van der Waals surface area contributed by atoms with Crippen molar-refractivity contribution in [3.05, 3.63) is 0 Å². The van der Waals surface area contributed by atoms with E-state index in [2.05, 4.69) is 5.32 Å². The standard InChI is InChI=1S/C14H23NO3/c1-9(14(17)18)15-13(16)12-7-6-10-4-2-3-5-11(10)8-12/h9-12H,2-8H2,1H3,(H,15,16)(H,17,18)/t9-,10?,11?,12?/m0/s1. The van der Waals surface area contributed by atoms with Gasteiger partial charge in [0.2, 0.25) is 5.91 Å². The minimum absolute atomic E-state index is 0.0335. The predicted molar refractivity (Wildman–Crippen MR) is 68.0 cm³/mol. The van der Waals surface area contributed by atoms with Crippen LogP contribution in [0.2, 0.25) is 0 Å². The summed E-state index contributed by atoms with van der Waals surface area (Å²) in [5.74, 6) is 0.526. The van der Waals surface area contributed by atoms with E-state index >= 15 is 0 Å². The molecule has 102 valence electrons. The molecule has 1 amide bonds. The highest BCUT2D eigenvalue weighted by Crippen LogP contribution is 2.42. The van der Waals surface area contributed by atoms with Crippen molar-refractivity contribution in [1.29, 1.82) is 0 Å². The van der Waals surface area contributed by atoms with E-state index in [9.17, 15) is 9.59 Å². The lowest BCUT2D eigenvalue weighted by molar-refractivity contribution is -0.142. The molecular formula is C14H23NO3. The molecule has 3 unspecified atom stereocenters. The average molecular weight is 253 g/mol. The Hall–Kier alpha value is -1.06. The normalized spacial score (nSPS) is 33.3. The van der Waals surface area contributed by atoms with Gasteiger partial charge >= 0.3 is 5.97 Å². The quantitative estimate of drug-likeness (QED) is 0.810. The highest BCUT2D eigenvalue weighted by molar-refractivity contribution is 5.84. The summed E-state index contributed by atoms with van der Waals surface area (Å²) in [6.07, 6.45) is 8.25. The van der Waals surface area contributed by atoms with E-state index in [0.717, 1.165) is 25.2 Å². The molecule has 0 saturated heterocycles. The van der Waals surface area contributed by atoms with Gasteiger partial charge in [0.25, 0.3) is 0 Å². The SMILES string of the molecule is C[C@H](NC(=O)C1CCC2CCCCC2C1)C(=O)O. The van der Waals surface area contributed by atoms with Gasteiger partial charge in [-0.3, -0.25) is 9.59 Å². The maximum absolute atomic E-state index is 12.0. The minimum atomic E-state index is -0.963. The van der Waals surface area contributed by atoms with E-state index in [1.165, 1.54) is 32.6 Å². The molecule has 2 fully saturated rings. The Kier molecular flexibility index (Phi) is 4.25. The van der Waals surface area contributed by atoms with Crippen LogP contribution in [0.15, 0.2) is 0 Å². The molecule has 4 atom stereocenters. The summed E-state index contributed by atoms with van der Waals surface area (Å²) in [6.45, 7) is 1.52. The maximum Gasteiger partial charge on any atom is 0.325 e. The van der Waals surface area contributed by atoms with E-state index < -0.39 is 12.0 Å². The van der Waals surface area contributed by atoms with E-state index in [1.807, 2.05) is 0 Å². The summed E-state index contributed by atoms with van der Waals surface area (Å²) in [7, 11) is 0. The number of fused-ring (bicyclic) bond motifs is 1. The predicted octanol–water partition coefficient (Wildman–Crippen LogP) is 2.18. The fourth-order valence-corrected chi connectivity index (χ4v) is 3.50. The summed E-state index contributed by atoms with van der Waals surface area (Å²) in [5.41, 5.74) is 0. The van der Waals surface area contributed by atoms with Crippen LogP contribution in [0.4, 0.5) is 0 Å². The molecule has 2 N–H and O–H groups in total. The lowest BCUT2D eigenvalue weighted by atomic mass is 9.67. The third-order valence-corrected chi connectivity index (χ3v) is 4.64. The minimum Gasteiger partial charge on any atom is -0.480 e. The van der Waals surface area contributed by atoms with Gasteiger partial charge in [0.1, 0.15) is 6.04 Å². The number of nitrogens with one attached hydrogen (secondary N) is 1. The maximum atomic E-state index is 12.0. The molecule has 2 rings (SSSR count). The fourth-order valence-electron chi connectivity index (χ4n) is 3.50. The second-order valence-electron chi connectivity index (χ2n) is 5.88. The Balaban J connectivity index is 1.86. The zero-order valence-corrected chi connectivity index (χ0v) is 11.0. The molecular weight excluding hydrogens is 230 g/mol. The van der Waals surface area contributed by atoms with Crippen molar-refractivity contribution in [3.63, 3.8) is 0 Å². The summed E-state index contributed by atoms with van der Waals surface area (Å²) in [5, 5.41) is 11.4. The van der Waals surface area contributed by atoms with Gasteiger partial charge in [-0.15, -0.1) is 0 Å². The van der Waals surface area contributed by atoms with Crippen LogP contribution in [0.1, 0.15) is 51.9 Å². The summed E-state index contributed by atoms with van der Waals surface area (Å²) in [6, 6.07) is -0.776. The third-order valence-electron chi connectivity index (χ3n) is 4.64. The number of carboxylic acid groups (broad SMARTS) is 1. The molecule has 0 aliphatic heterocycles. The van der Waals surface area contributed by atoms with Crippen LogP contribution in [0.5, 0.6) is 0 Å². The topological polar surface area (TPSA) is 66.4 Å². The van der Waals surface area contributed by atoms with Crippen LogP contribution in [-0.2, 0) is 9.59 Å². The van der Waals surface area contributed by atoms with Gasteiger partial charge < -0.3 is 10.4 Å². The number of hydrogen-bond donors (Lipinski definition) is 2. The van der Waals surface area contributed by atoms with Crippen LogP contribution in [0.25, 0.3) is 0 Å². The third kappa shape index (κ3) is 3.03. The first-order valence-electron chi connectivity index (χ1n) is 7.11.